The number of tetrazole rings is 1. The van der Waals surface area contributed by atoms with Crippen LogP contribution in [0.15, 0.2) is 78.9 Å². The monoisotopic (exact) mass is 599 g/mol. The number of rotatable bonds is 10. The van der Waals surface area contributed by atoms with Crippen LogP contribution < -0.4 is 10.6 Å². The van der Waals surface area contributed by atoms with E-state index in [4.69, 9.17) is 4.74 Å². The fourth-order valence-corrected chi connectivity index (χ4v) is 5.27. The number of hydrogen-bond acceptors (Lipinski definition) is 7. The van der Waals surface area contributed by atoms with Gasteiger partial charge >= 0.3 is 12.0 Å². The molecule has 0 spiro atoms. The van der Waals surface area contributed by atoms with Crippen molar-refractivity contribution in [1.82, 2.24) is 30.4 Å². The van der Waals surface area contributed by atoms with Crippen molar-refractivity contribution >= 4 is 23.6 Å². The molecule has 228 valence electrons. The zero-order valence-electron chi connectivity index (χ0n) is 24.4. The van der Waals surface area contributed by atoms with E-state index in [0.29, 0.717) is 30.2 Å². The zero-order chi connectivity index (χ0) is 30.9. The second-order valence-electron chi connectivity index (χ2n) is 10.8. The van der Waals surface area contributed by atoms with E-state index in [1.807, 2.05) is 30.3 Å². The van der Waals surface area contributed by atoms with Crippen LogP contribution in [0.25, 0.3) is 11.4 Å². The summed E-state index contributed by atoms with van der Waals surface area (Å²) in [6.07, 6.45) is 2.21. The van der Waals surface area contributed by atoms with Crippen LogP contribution in [-0.4, -0.2) is 62.1 Å². The van der Waals surface area contributed by atoms with E-state index in [9.17, 15) is 18.8 Å². The Morgan fingerprint density at radius 3 is 2.57 bits per heavy atom. The van der Waals surface area contributed by atoms with Crippen molar-refractivity contribution in [2.24, 2.45) is 13.0 Å². The van der Waals surface area contributed by atoms with Gasteiger partial charge in [0.1, 0.15) is 18.5 Å². The van der Waals surface area contributed by atoms with Crippen LogP contribution >= 0.6 is 0 Å². The highest BCUT2D eigenvalue weighted by atomic mass is 19.1. The predicted octanol–water partition coefficient (Wildman–Crippen LogP) is 4.12. The van der Waals surface area contributed by atoms with Gasteiger partial charge in [-0.3, -0.25) is 4.79 Å². The summed E-state index contributed by atoms with van der Waals surface area (Å²) in [5.41, 5.74) is 2.92. The zero-order valence-corrected chi connectivity index (χ0v) is 24.4. The van der Waals surface area contributed by atoms with Crippen LogP contribution in [0.1, 0.15) is 30.4 Å². The standard InChI is InChI=1S/C32H34FN7O4/c1-39-30(36-37-38-39)25-10-5-11-27(18-25)34-32(43)35-28(31(42)44-21-23-7-3-2-4-8-23)19-29(41)40-16-6-9-24(20-40)17-22-12-14-26(33)15-13-22/h2-5,7-8,10-15,18,24,28H,6,9,16-17,19-21H2,1H3,(H2,34,35,43)/t24-,28-/m0/s1. The van der Waals surface area contributed by atoms with Gasteiger partial charge in [-0.25, -0.2) is 18.7 Å². The Bertz CT molecular complexity index is 1580. The lowest BCUT2D eigenvalue weighted by Crippen LogP contribution is -2.48. The largest absolute Gasteiger partial charge is 0.459 e. The Labute approximate surface area is 254 Å². The Kier molecular flexibility index (Phi) is 9.90. The molecule has 0 saturated carbocycles. The molecule has 12 heteroatoms. The maximum atomic E-state index is 13.5. The van der Waals surface area contributed by atoms with E-state index in [1.165, 1.54) is 16.8 Å². The molecule has 4 aromatic rings. The van der Waals surface area contributed by atoms with Gasteiger partial charge in [0.25, 0.3) is 0 Å². The summed E-state index contributed by atoms with van der Waals surface area (Å²) in [6, 6.07) is 20.6. The normalized spacial score (nSPS) is 15.3. The van der Waals surface area contributed by atoms with Crippen molar-refractivity contribution in [3.8, 4) is 11.4 Å². The molecule has 11 nitrogen and oxygen atoms in total. The minimum absolute atomic E-state index is 0.00486. The Balaban J connectivity index is 1.24. The molecule has 1 aliphatic heterocycles. The quantitative estimate of drug-likeness (QED) is 0.262. The lowest BCUT2D eigenvalue weighted by atomic mass is 9.91. The van der Waals surface area contributed by atoms with Gasteiger partial charge in [0.05, 0.1) is 6.42 Å². The maximum Gasteiger partial charge on any atom is 0.329 e. The lowest BCUT2D eigenvalue weighted by Gasteiger charge is -2.33. The summed E-state index contributed by atoms with van der Waals surface area (Å²) in [5, 5.41) is 16.8. The maximum absolute atomic E-state index is 13.5. The molecule has 0 radical (unpaired) electrons. The van der Waals surface area contributed by atoms with Gasteiger partial charge < -0.3 is 20.3 Å². The Morgan fingerprint density at radius 2 is 1.82 bits per heavy atom. The molecule has 1 aromatic heterocycles. The number of carbonyl (C=O) groups excluding carboxylic acids is 3. The topological polar surface area (TPSA) is 131 Å². The Morgan fingerprint density at radius 1 is 1.02 bits per heavy atom. The van der Waals surface area contributed by atoms with Gasteiger partial charge in [0.15, 0.2) is 5.82 Å². The van der Waals surface area contributed by atoms with Gasteiger partial charge in [-0.05, 0) is 71.0 Å². The number of piperidine rings is 1. The number of hydrogen-bond donors (Lipinski definition) is 2. The number of likely N-dealkylation sites (tertiary alicyclic amines) is 1. The highest BCUT2D eigenvalue weighted by molar-refractivity contribution is 5.94. The first-order valence-corrected chi connectivity index (χ1v) is 14.5. The number of urea groups is 1. The highest BCUT2D eigenvalue weighted by Gasteiger charge is 2.30. The fraction of sp³-hybridized carbons (Fsp3) is 0.312. The molecule has 2 heterocycles. The number of aryl methyl sites for hydroxylation is 1. The van der Waals surface area contributed by atoms with Gasteiger partial charge in [0.2, 0.25) is 5.91 Å². The first-order valence-electron chi connectivity index (χ1n) is 14.5. The molecule has 3 aromatic carbocycles. The summed E-state index contributed by atoms with van der Waals surface area (Å²) in [7, 11) is 1.71. The number of amides is 3. The van der Waals surface area contributed by atoms with Crippen molar-refractivity contribution in [2.75, 3.05) is 18.4 Å². The third kappa shape index (κ3) is 8.24. The number of nitrogens with zero attached hydrogens (tertiary/aromatic N) is 5. The number of halogens is 1. The second-order valence-corrected chi connectivity index (χ2v) is 10.8. The summed E-state index contributed by atoms with van der Waals surface area (Å²) < 4.78 is 20.4. The first kappa shape index (κ1) is 30.3. The average molecular weight is 600 g/mol. The van der Waals surface area contributed by atoms with Crippen molar-refractivity contribution in [3.63, 3.8) is 0 Å². The molecule has 5 rings (SSSR count). The van der Waals surface area contributed by atoms with Gasteiger partial charge in [-0.15, -0.1) is 5.10 Å². The van der Waals surface area contributed by atoms with Gasteiger partial charge in [-0.1, -0.05) is 54.6 Å². The van der Waals surface area contributed by atoms with Gasteiger partial charge in [-0.2, -0.15) is 0 Å². The van der Waals surface area contributed by atoms with Crippen molar-refractivity contribution < 1.29 is 23.5 Å². The summed E-state index contributed by atoms with van der Waals surface area (Å²) >= 11 is 0. The van der Waals surface area contributed by atoms with Gasteiger partial charge in [0, 0.05) is 31.4 Å². The minimum atomic E-state index is -1.21. The van der Waals surface area contributed by atoms with Crippen LogP contribution in [0.3, 0.4) is 0 Å². The molecule has 0 bridgehead atoms. The number of anilines is 1. The molecule has 2 N–H and O–H groups in total. The highest BCUT2D eigenvalue weighted by Crippen LogP contribution is 2.23. The number of carbonyl (C=O) groups is 3. The minimum Gasteiger partial charge on any atom is -0.459 e. The molecule has 44 heavy (non-hydrogen) atoms. The van der Waals surface area contributed by atoms with E-state index >= 15 is 0 Å². The number of benzene rings is 3. The molecular formula is C32H34FN7O4. The summed E-state index contributed by atoms with van der Waals surface area (Å²) in [5.74, 6) is -0.536. The lowest BCUT2D eigenvalue weighted by molar-refractivity contribution is -0.150. The van der Waals surface area contributed by atoms with E-state index < -0.39 is 18.0 Å². The number of esters is 1. The Hall–Kier alpha value is -5.13. The number of nitrogens with one attached hydrogen (secondary N) is 2. The van der Waals surface area contributed by atoms with E-state index in [1.54, 1.807) is 48.3 Å². The van der Waals surface area contributed by atoms with Crippen LogP contribution in [0.5, 0.6) is 0 Å². The molecule has 0 unspecified atom stereocenters. The van der Waals surface area contributed by atoms with Crippen LogP contribution in [0.4, 0.5) is 14.9 Å². The van der Waals surface area contributed by atoms with E-state index in [2.05, 4.69) is 26.2 Å². The molecule has 1 saturated heterocycles. The molecule has 1 fully saturated rings. The summed E-state index contributed by atoms with van der Waals surface area (Å²) in [4.78, 5) is 41.5. The molecule has 0 aliphatic carbocycles. The molecular weight excluding hydrogens is 565 g/mol. The average Bonchev–Trinajstić information content (AvgIpc) is 3.47. The number of ether oxygens (including phenoxy) is 1. The molecule has 3 amide bonds. The van der Waals surface area contributed by atoms with Crippen LogP contribution in [0.2, 0.25) is 0 Å². The fourth-order valence-electron chi connectivity index (χ4n) is 5.27. The third-order valence-corrected chi connectivity index (χ3v) is 7.50. The second kappa shape index (κ2) is 14.4. The molecule has 2 atom stereocenters. The van der Waals surface area contributed by atoms with Crippen molar-refractivity contribution in [3.05, 3.63) is 95.8 Å². The van der Waals surface area contributed by atoms with E-state index in [-0.39, 0.29) is 30.7 Å². The third-order valence-electron chi connectivity index (χ3n) is 7.50. The SMILES string of the molecule is Cn1nnnc1-c1cccc(NC(=O)N[C@@H](CC(=O)N2CCC[C@@H](Cc3ccc(F)cc3)C2)C(=O)OCc2ccccc2)c1. The van der Waals surface area contributed by atoms with Crippen LogP contribution in [0, 0.1) is 11.7 Å². The molecule has 1 aliphatic rings. The van der Waals surface area contributed by atoms with Crippen molar-refractivity contribution in [1.29, 1.82) is 0 Å². The predicted molar refractivity (Wildman–Crippen MR) is 160 cm³/mol. The first-order chi connectivity index (χ1) is 21.3. The van der Waals surface area contributed by atoms with Crippen molar-refractivity contribution in [2.45, 2.75) is 38.3 Å². The number of aromatic nitrogens is 4. The summed E-state index contributed by atoms with van der Waals surface area (Å²) in [6.45, 7) is 1.07. The van der Waals surface area contributed by atoms with Crippen LogP contribution in [-0.2, 0) is 34.4 Å². The smallest absolute Gasteiger partial charge is 0.329 e. The van der Waals surface area contributed by atoms with E-state index in [0.717, 1.165) is 30.4 Å².